The molecule has 1 aromatic heterocycles. The van der Waals surface area contributed by atoms with Crippen LogP contribution in [0.25, 0.3) is 0 Å². The number of hydrogen-bond donors (Lipinski definition) is 2. The molecule has 7 nitrogen and oxygen atoms in total. The Morgan fingerprint density at radius 1 is 1.37 bits per heavy atom. The highest BCUT2D eigenvalue weighted by molar-refractivity contribution is 14.0. The minimum absolute atomic E-state index is 0. The molecule has 1 unspecified atom stereocenters. The zero-order chi connectivity index (χ0) is 18.5. The van der Waals surface area contributed by atoms with Gasteiger partial charge in [0.05, 0.1) is 26.4 Å². The van der Waals surface area contributed by atoms with Gasteiger partial charge in [0.1, 0.15) is 0 Å². The molecule has 27 heavy (non-hydrogen) atoms. The predicted octanol–water partition coefficient (Wildman–Crippen LogP) is 2.60. The molecule has 2 N–H and O–H groups in total. The largest absolute Gasteiger partial charge is 0.478 e. The number of halogens is 1. The summed E-state index contributed by atoms with van der Waals surface area (Å²) in [5.74, 6) is 2.02. The molecule has 1 fully saturated rings. The first-order valence-electron chi connectivity index (χ1n) is 9.57. The van der Waals surface area contributed by atoms with Crippen LogP contribution in [0.3, 0.4) is 0 Å². The van der Waals surface area contributed by atoms with Gasteiger partial charge in [0.25, 0.3) is 0 Å². The fourth-order valence-electron chi connectivity index (χ4n) is 2.66. The van der Waals surface area contributed by atoms with E-state index in [0.29, 0.717) is 24.9 Å². The maximum atomic E-state index is 5.73. The Bertz CT molecular complexity index is 539. The Hall–Kier alpha value is -1.13. The van der Waals surface area contributed by atoms with Gasteiger partial charge in [-0.1, -0.05) is 6.07 Å². The van der Waals surface area contributed by atoms with E-state index in [1.165, 1.54) is 0 Å². The minimum atomic E-state index is 0. The van der Waals surface area contributed by atoms with E-state index in [9.17, 15) is 0 Å². The molecule has 2 rings (SSSR count). The quantitative estimate of drug-likeness (QED) is 0.214. The molecule has 1 saturated heterocycles. The second-order valence-electron chi connectivity index (χ2n) is 6.18. The molecule has 2 heterocycles. The zero-order valence-electron chi connectivity index (χ0n) is 16.4. The maximum Gasteiger partial charge on any atom is 0.218 e. The van der Waals surface area contributed by atoms with Gasteiger partial charge in [-0.2, -0.15) is 0 Å². The van der Waals surface area contributed by atoms with Gasteiger partial charge in [-0.15, -0.1) is 24.0 Å². The van der Waals surface area contributed by atoms with Crippen molar-refractivity contribution < 1.29 is 14.2 Å². The number of aliphatic imine (C=N–C) groups is 1. The third kappa shape index (κ3) is 9.57. The van der Waals surface area contributed by atoms with Gasteiger partial charge in [-0.3, -0.25) is 0 Å². The third-order valence-corrected chi connectivity index (χ3v) is 4.02. The van der Waals surface area contributed by atoms with Crippen LogP contribution in [0.5, 0.6) is 5.88 Å². The summed E-state index contributed by atoms with van der Waals surface area (Å²) >= 11 is 0. The Labute approximate surface area is 179 Å². The summed E-state index contributed by atoms with van der Waals surface area (Å²) in [6, 6.07) is 3.89. The lowest BCUT2D eigenvalue weighted by Crippen LogP contribution is -2.38. The highest BCUT2D eigenvalue weighted by atomic mass is 127. The van der Waals surface area contributed by atoms with Crippen LogP contribution in [-0.4, -0.2) is 57.1 Å². The molecule has 154 valence electrons. The van der Waals surface area contributed by atoms with Crippen molar-refractivity contribution in [1.82, 2.24) is 15.6 Å². The molecule has 0 amide bonds. The predicted molar refractivity (Wildman–Crippen MR) is 118 cm³/mol. The van der Waals surface area contributed by atoms with Crippen LogP contribution in [0.15, 0.2) is 23.3 Å². The lowest BCUT2D eigenvalue weighted by atomic mass is 10.1. The van der Waals surface area contributed by atoms with Crippen molar-refractivity contribution in [2.45, 2.75) is 33.2 Å². The maximum absolute atomic E-state index is 5.73. The number of aromatic nitrogens is 1. The Kier molecular flexibility index (Phi) is 13.2. The van der Waals surface area contributed by atoms with Gasteiger partial charge < -0.3 is 24.8 Å². The van der Waals surface area contributed by atoms with E-state index in [4.69, 9.17) is 14.2 Å². The van der Waals surface area contributed by atoms with Gasteiger partial charge in [0.2, 0.25) is 5.88 Å². The number of pyridine rings is 1. The number of hydrogen-bond acceptors (Lipinski definition) is 5. The van der Waals surface area contributed by atoms with E-state index in [2.05, 4.69) is 27.5 Å². The van der Waals surface area contributed by atoms with Crippen LogP contribution in [0.4, 0.5) is 0 Å². The van der Waals surface area contributed by atoms with Crippen molar-refractivity contribution in [3.05, 3.63) is 23.9 Å². The number of guanidine groups is 1. The fourth-order valence-corrected chi connectivity index (χ4v) is 2.66. The topological polar surface area (TPSA) is 77.0 Å². The molecule has 1 aliphatic rings. The van der Waals surface area contributed by atoms with Crippen LogP contribution < -0.4 is 15.4 Å². The van der Waals surface area contributed by atoms with Gasteiger partial charge in [-0.25, -0.2) is 9.98 Å². The molecular weight excluding hydrogens is 459 g/mol. The molecule has 1 aromatic rings. The van der Waals surface area contributed by atoms with Crippen LogP contribution in [0.2, 0.25) is 0 Å². The highest BCUT2D eigenvalue weighted by Crippen LogP contribution is 2.15. The summed E-state index contributed by atoms with van der Waals surface area (Å²) in [4.78, 5) is 8.89. The Balaban J connectivity index is 0.00000364. The SMILES string of the molecule is CCNC(=NCc1cccnc1OCC)NCCCOCC1CCOC1.I. The van der Waals surface area contributed by atoms with E-state index < -0.39 is 0 Å². The van der Waals surface area contributed by atoms with Crippen LogP contribution in [-0.2, 0) is 16.0 Å². The monoisotopic (exact) mass is 492 g/mol. The fraction of sp³-hybridized carbons (Fsp3) is 0.684. The van der Waals surface area contributed by atoms with Gasteiger partial charge >= 0.3 is 0 Å². The summed E-state index contributed by atoms with van der Waals surface area (Å²) in [6.45, 7) is 10.0. The second-order valence-corrected chi connectivity index (χ2v) is 6.18. The van der Waals surface area contributed by atoms with E-state index in [0.717, 1.165) is 63.9 Å². The van der Waals surface area contributed by atoms with E-state index in [1.807, 2.05) is 19.1 Å². The van der Waals surface area contributed by atoms with Crippen molar-refractivity contribution in [3.8, 4) is 5.88 Å². The summed E-state index contributed by atoms with van der Waals surface area (Å²) in [5.41, 5.74) is 0.980. The molecule has 1 aliphatic heterocycles. The number of ether oxygens (including phenoxy) is 3. The van der Waals surface area contributed by atoms with E-state index in [1.54, 1.807) is 6.20 Å². The number of nitrogens with zero attached hydrogens (tertiary/aromatic N) is 2. The first-order chi connectivity index (χ1) is 12.8. The number of rotatable bonds is 11. The average Bonchev–Trinajstić information content (AvgIpc) is 3.17. The summed E-state index contributed by atoms with van der Waals surface area (Å²) in [7, 11) is 0. The smallest absolute Gasteiger partial charge is 0.218 e. The molecule has 0 spiro atoms. The standard InChI is InChI=1S/C19H32N4O3.HI/c1-3-20-19(22-10-6-11-24-14-16-8-12-25-15-16)23-13-17-7-5-9-21-18(17)26-4-2;/h5,7,9,16H,3-4,6,8,10-15H2,1-2H3,(H2,20,22,23);1H. The molecule has 0 saturated carbocycles. The van der Waals surface area contributed by atoms with Crippen molar-refractivity contribution >= 4 is 29.9 Å². The average molecular weight is 492 g/mol. The molecule has 0 aliphatic carbocycles. The molecule has 0 aromatic carbocycles. The lowest BCUT2D eigenvalue weighted by Gasteiger charge is -2.13. The van der Waals surface area contributed by atoms with Crippen LogP contribution >= 0.6 is 24.0 Å². The summed E-state index contributed by atoms with van der Waals surface area (Å²) in [5, 5.41) is 6.60. The lowest BCUT2D eigenvalue weighted by molar-refractivity contribution is 0.0888. The van der Waals surface area contributed by atoms with Gasteiger partial charge in [-0.05, 0) is 32.8 Å². The second kappa shape index (κ2) is 14.9. The first kappa shape index (κ1) is 23.9. The number of nitrogens with one attached hydrogen (secondary N) is 2. The van der Waals surface area contributed by atoms with Gasteiger partial charge in [0.15, 0.2) is 5.96 Å². The first-order valence-corrected chi connectivity index (χ1v) is 9.57. The summed E-state index contributed by atoms with van der Waals surface area (Å²) < 4.78 is 16.6. The van der Waals surface area contributed by atoms with Crippen molar-refractivity contribution in [3.63, 3.8) is 0 Å². The van der Waals surface area contributed by atoms with Crippen LogP contribution in [0.1, 0.15) is 32.3 Å². The van der Waals surface area contributed by atoms with E-state index >= 15 is 0 Å². The van der Waals surface area contributed by atoms with Gasteiger partial charge in [0, 0.05) is 44.0 Å². The minimum Gasteiger partial charge on any atom is -0.478 e. The molecule has 0 radical (unpaired) electrons. The highest BCUT2D eigenvalue weighted by Gasteiger charge is 2.15. The molecule has 1 atom stereocenters. The Morgan fingerprint density at radius 3 is 3.00 bits per heavy atom. The van der Waals surface area contributed by atoms with Crippen molar-refractivity contribution in [2.75, 3.05) is 46.1 Å². The normalized spacial score (nSPS) is 16.7. The van der Waals surface area contributed by atoms with Crippen molar-refractivity contribution in [1.29, 1.82) is 0 Å². The third-order valence-electron chi connectivity index (χ3n) is 4.02. The van der Waals surface area contributed by atoms with Crippen LogP contribution in [0, 0.1) is 5.92 Å². The van der Waals surface area contributed by atoms with Crippen molar-refractivity contribution in [2.24, 2.45) is 10.9 Å². The zero-order valence-corrected chi connectivity index (χ0v) is 18.7. The summed E-state index contributed by atoms with van der Waals surface area (Å²) in [6.07, 6.45) is 3.79. The Morgan fingerprint density at radius 2 is 2.26 bits per heavy atom. The molecular formula is C19H33IN4O3. The molecule has 0 bridgehead atoms. The molecule has 8 heteroatoms. The van der Waals surface area contributed by atoms with E-state index in [-0.39, 0.29) is 24.0 Å².